The van der Waals surface area contributed by atoms with Crippen molar-refractivity contribution in [3.63, 3.8) is 0 Å². The smallest absolute Gasteiger partial charge is 0.262 e. The molecule has 0 saturated heterocycles. The summed E-state index contributed by atoms with van der Waals surface area (Å²) in [5, 5.41) is 5.44. The van der Waals surface area contributed by atoms with Crippen molar-refractivity contribution in [2.75, 3.05) is 5.32 Å². The molecule has 1 fully saturated rings. The summed E-state index contributed by atoms with van der Waals surface area (Å²) in [4.78, 5) is 26.8. The minimum atomic E-state index is -0.946. The van der Waals surface area contributed by atoms with Crippen LogP contribution in [-0.4, -0.2) is 10.9 Å². The van der Waals surface area contributed by atoms with Gasteiger partial charge < -0.3 is 5.32 Å². The van der Waals surface area contributed by atoms with E-state index >= 15 is 0 Å². The third-order valence-electron chi connectivity index (χ3n) is 3.74. The second-order valence-corrected chi connectivity index (χ2v) is 5.42. The molecule has 23 heavy (non-hydrogen) atoms. The van der Waals surface area contributed by atoms with E-state index in [-0.39, 0.29) is 11.7 Å². The molecule has 5 nitrogen and oxygen atoms in total. The third-order valence-corrected chi connectivity index (χ3v) is 3.74. The van der Waals surface area contributed by atoms with Gasteiger partial charge in [0.1, 0.15) is 29.1 Å². The van der Waals surface area contributed by atoms with Crippen molar-refractivity contribution >= 4 is 11.7 Å². The highest BCUT2D eigenvalue weighted by molar-refractivity contribution is 6.04. The van der Waals surface area contributed by atoms with Gasteiger partial charge in [0.15, 0.2) is 0 Å². The fourth-order valence-corrected chi connectivity index (χ4v) is 2.38. The van der Waals surface area contributed by atoms with Gasteiger partial charge in [-0.2, -0.15) is 4.91 Å². The molecular formula is C16H13F2N3O2. The van der Waals surface area contributed by atoms with E-state index in [2.05, 4.69) is 15.5 Å². The molecule has 2 aromatic rings. The summed E-state index contributed by atoms with van der Waals surface area (Å²) in [5.41, 5.74) is 0.00126. The van der Waals surface area contributed by atoms with E-state index in [1.165, 1.54) is 18.3 Å². The van der Waals surface area contributed by atoms with Crippen molar-refractivity contribution in [1.29, 1.82) is 0 Å². The van der Waals surface area contributed by atoms with Gasteiger partial charge in [0, 0.05) is 6.20 Å². The van der Waals surface area contributed by atoms with Gasteiger partial charge in [-0.3, -0.25) is 4.79 Å². The molecule has 1 atom stereocenters. The van der Waals surface area contributed by atoms with Crippen LogP contribution in [-0.2, 0) is 0 Å². The maximum Gasteiger partial charge on any atom is 0.262 e. The van der Waals surface area contributed by atoms with Crippen LogP contribution in [0.15, 0.2) is 41.7 Å². The lowest BCUT2D eigenvalue weighted by Gasteiger charge is -2.09. The Balaban J connectivity index is 1.75. The summed E-state index contributed by atoms with van der Waals surface area (Å²) in [6, 6.07) is 5.86. The van der Waals surface area contributed by atoms with Gasteiger partial charge in [0.25, 0.3) is 5.91 Å². The van der Waals surface area contributed by atoms with E-state index in [1.54, 1.807) is 6.07 Å². The van der Waals surface area contributed by atoms with Gasteiger partial charge in [0.2, 0.25) is 0 Å². The second kappa shape index (κ2) is 6.20. The fourth-order valence-electron chi connectivity index (χ4n) is 2.38. The van der Waals surface area contributed by atoms with Crippen molar-refractivity contribution in [2.24, 2.45) is 11.1 Å². The molecule has 1 aromatic heterocycles. The average Bonchev–Trinajstić information content (AvgIpc) is 3.34. The number of carbonyl (C=O) groups excluding carboxylic acids is 1. The Morgan fingerprint density at radius 1 is 1.22 bits per heavy atom. The molecule has 1 amide bonds. The number of nitrogens with one attached hydrogen (secondary N) is 1. The van der Waals surface area contributed by atoms with Crippen molar-refractivity contribution < 1.29 is 13.6 Å². The Labute approximate surface area is 130 Å². The number of hydrogen-bond acceptors (Lipinski definition) is 4. The van der Waals surface area contributed by atoms with E-state index < -0.39 is 29.1 Å². The van der Waals surface area contributed by atoms with Gasteiger partial charge in [-0.25, -0.2) is 13.8 Å². The van der Waals surface area contributed by atoms with E-state index in [1.807, 2.05) is 0 Å². The first kappa shape index (κ1) is 15.2. The summed E-state index contributed by atoms with van der Waals surface area (Å²) in [6.45, 7) is 0. The fraction of sp³-hybridized carbons (Fsp3) is 0.250. The van der Waals surface area contributed by atoms with Crippen LogP contribution < -0.4 is 5.32 Å². The summed E-state index contributed by atoms with van der Waals surface area (Å²) in [5.74, 6) is -2.42. The predicted molar refractivity (Wildman–Crippen MR) is 79.8 cm³/mol. The number of rotatable bonds is 5. The molecule has 0 radical (unpaired) electrons. The molecule has 7 heteroatoms. The molecule has 0 bridgehead atoms. The number of anilines is 1. The summed E-state index contributed by atoms with van der Waals surface area (Å²) < 4.78 is 27.1. The number of halogens is 2. The highest BCUT2D eigenvalue weighted by Crippen LogP contribution is 2.43. The van der Waals surface area contributed by atoms with Crippen LogP contribution in [0.5, 0.6) is 0 Å². The molecule has 1 heterocycles. The van der Waals surface area contributed by atoms with Crippen LogP contribution in [0.25, 0.3) is 0 Å². The molecule has 0 spiro atoms. The molecule has 1 aliphatic carbocycles. The van der Waals surface area contributed by atoms with Crippen LogP contribution in [0.2, 0.25) is 0 Å². The van der Waals surface area contributed by atoms with E-state index in [0.717, 1.165) is 25.0 Å². The quantitative estimate of drug-likeness (QED) is 0.852. The first-order valence-electron chi connectivity index (χ1n) is 7.14. The first-order valence-corrected chi connectivity index (χ1v) is 7.14. The average molecular weight is 317 g/mol. The number of aromatic nitrogens is 1. The zero-order valence-electron chi connectivity index (χ0n) is 12.0. The number of hydrogen-bond donors (Lipinski definition) is 1. The molecule has 0 aliphatic heterocycles. The third kappa shape index (κ3) is 3.23. The Morgan fingerprint density at radius 3 is 2.43 bits per heavy atom. The molecule has 118 valence electrons. The van der Waals surface area contributed by atoms with Crippen molar-refractivity contribution in [3.05, 3.63) is 64.2 Å². The number of amides is 1. The normalized spacial score (nSPS) is 15.0. The zero-order valence-corrected chi connectivity index (χ0v) is 12.0. The summed E-state index contributed by atoms with van der Waals surface area (Å²) in [6.07, 6.45) is 3.36. The molecular weight excluding hydrogens is 304 g/mol. The molecule has 3 rings (SSSR count). The Hall–Kier alpha value is -2.70. The van der Waals surface area contributed by atoms with Gasteiger partial charge >= 0.3 is 0 Å². The number of nitroso groups, excluding NO2 is 1. The number of benzene rings is 1. The zero-order chi connectivity index (χ0) is 16.4. The van der Waals surface area contributed by atoms with Crippen molar-refractivity contribution in [2.45, 2.75) is 18.9 Å². The monoisotopic (exact) mass is 317 g/mol. The van der Waals surface area contributed by atoms with Crippen LogP contribution in [0.1, 0.15) is 34.8 Å². The number of carbonyl (C=O) groups is 1. The second-order valence-electron chi connectivity index (χ2n) is 5.42. The Bertz CT molecular complexity index is 725. The van der Waals surface area contributed by atoms with E-state index in [0.29, 0.717) is 5.56 Å². The maximum absolute atomic E-state index is 13.5. The number of pyridine rings is 1. The molecule has 1 aliphatic rings. The molecule has 1 saturated carbocycles. The summed E-state index contributed by atoms with van der Waals surface area (Å²) >= 11 is 0. The molecule has 1 aromatic carbocycles. The van der Waals surface area contributed by atoms with E-state index in [4.69, 9.17) is 0 Å². The highest BCUT2D eigenvalue weighted by Gasteiger charge is 2.33. The minimum absolute atomic E-state index is 0.141. The Kier molecular flexibility index (Phi) is 4.10. The highest BCUT2D eigenvalue weighted by atomic mass is 19.1. The van der Waals surface area contributed by atoms with E-state index in [9.17, 15) is 18.5 Å². The predicted octanol–water partition coefficient (Wildman–Crippen LogP) is 3.83. The van der Waals surface area contributed by atoms with Crippen LogP contribution >= 0.6 is 0 Å². The maximum atomic E-state index is 13.5. The van der Waals surface area contributed by atoms with Gasteiger partial charge in [-0.05, 0) is 42.5 Å². The van der Waals surface area contributed by atoms with Gasteiger partial charge in [-0.15, -0.1) is 0 Å². The topological polar surface area (TPSA) is 71.4 Å². The van der Waals surface area contributed by atoms with Crippen molar-refractivity contribution in [3.8, 4) is 0 Å². The van der Waals surface area contributed by atoms with Gasteiger partial charge in [0.05, 0.1) is 0 Å². The van der Waals surface area contributed by atoms with Gasteiger partial charge in [-0.1, -0.05) is 17.3 Å². The lowest BCUT2D eigenvalue weighted by Crippen LogP contribution is -2.16. The van der Waals surface area contributed by atoms with Crippen LogP contribution in [0, 0.1) is 22.5 Å². The standard InChI is InChI=1S/C16H13F2N3O2/c17-11-2-1-3-12(18)14(11)16(22)20-13-7-6-10(8-19-13)15(21-23)9-4-5-9/h1-3,6-9,15H,4-5H2,(H,19,20,22). The summed E-state index contributed by atoms with van der Waals surface area (Å²) in [7, 11) is 0. The SMILES string of the molecule is O=NC(c1ccc(NC(=O)c2c(F)cccc2F)nc1)C1CC1. The lowest BCUT2D eigenvalue weighted by molar-refractivity contribution is 0.101. The lowest BCUT2D eigenvalue weighted by atomic mass is 10.1. The molecule has 1 unspecified atom stereocenters. The van der Waals surface area contributed by atoms with Crippen LogP contribution in [0.3, 0.4) is 0 Å². The Morgan fingerprint density at radius 2 is 1.91 bits per heavy atom. The largest absolute Gasteiger partial charge is 0.306 e. The van der Waals surface area contributed by atoms with Crippen molar-refractivity contribution in [1.82, 2.24) is 4.98 Å². The molecule has 1 N–H and O–H groups in total. The first-order chi connectivity index (χ1) is 11.1. The van der Waals surface area contributed by atoms with Crippen LogP contribution in [0.4, 0.5) is 14.6 Å². The minimum Gasteiger partial charge on any atom is -0.306 e. The number of nitrogens with zero attached hydrogens (tertiary/aromatic N) is 2.